The Balaban J connectivity index is 1.51. The van der Waals surface area contributed by atoms with Crippen molar-refractivity contribution in [1.82, 2.24) is 4.98 Å². The zero-order valence-corrected chi connectivity index (χ0v) is 16.2. The molecule has 1 aliphatic rings. The van der Waals surface area contributed by atoms with Crippen molar-refractivity contribution < 1.29 is 9.18 Å². The molecule has 148 valence electrons. The maximum Gasteiger partial charge on any atom is 0.232 e. The van der Waals surface area contributed by atoms with Crippen molar-refractivity contribution in [1.29, 1.82) is 0 Å². The summed E-state index contributed by atoms with van der Waals surface area (Å²) in [6.45, 7) is 2.17. The molecule has 2 aromatic carbocycles. The largest absolute Gasteiger partial charge is 0.372 e. The highest BCUT2D eigenvalue weighted by molar-refractivity contribution is 5.96. The van der Waals surface area contributed by atoms with E-state index in [-0.39, 0.29) is 11.7 Å². The van der Waals surface area contributed by atoms with E-state index in [4.69, 9.17) is 0 Å². The van der Waals surface area contributed by atoms with E-state index in [1.54, 1.807) is 18.3 Å². The molecule has 1 aliphatic heterocycles. The Bertz CT molecular complexity index is 936. The van der Waals surface area contributed by atoms with Crippen LogP contribution in [0.1, 0.15) is 30.0 Å². The van der Waals surface area contributed by atoms with Gasteiger partial charge >= 0.3 is 0 Å². The molecule has 1 N–H and O–H groups in total. The maximum absolute atomic E-state index is 13.4. The van der Waals surface area contributed by atoms with Crippen molar-refractivity contribution in [3.8, 4) is 0 Å². The van der Waals surface area contributed by atoms with E-state index in [1.165, 1.54) is 30.7 Å². The van der Waals surface area contributed by atoms with Crippen LogP contribution < -0.4 is 10.2 Å². The first-order valence-corrected chi connectivity index (χ1v) is 10.0. The van der Waals surface area contributed by atoms with Crippen LogP contribution in [0.2, 0.25) is 0 Å². The molecule has 1 unspecified atom stereocenters. The Morgan fingerprint density at radius 3 is 2.38 bits per heavy atom. The van der Waals surface area contributed by atoms with Gasteiger partial charge in [-0.1, -0.05) is 18.2 Å². The van der Waals surface area contributed by atoms with Crippen LogP contribution in [0.5, 0.6) is 0 Å². The summed E-state index contributed by atoms with van der Waals surface area (Å²) in [6.07, 6.45) is 4.62. The second-order valence-electron chi connectivity index (χ2n) is 7.36. The van der Waals surface area contributed by atoms with E-state index in [0.717, 1.165) is 30.0 Å². The lowest BCUT2D eigenvalue weighted by Crippen LogP contribution is -2.23. The van der Waals surface area contributed by atoms with Crippen LogP contribution in [-0.4, -0.2) is 24.0 Å². The van der Waals surface area contributed by atoms with Crippen LogP contribution in [0, 0.1) is 5.82 Å². The van der Waals surface area contributed by atoms with E-state index in [1.807, 2.05) is 42.5 Å². The van der Waals surface area contributed by atoms with E-state index in [2.05, 4.69) is 15.2 Å². The number of rotatable bonds is 6. The lowest BCUT2D eigenvalue weighted by Gasteiger charge is -2.19. The summed E-state index contributed by atoms with van der Waals surface area (Å²) in [6, 6.07) is 19.7. The van der Waals surface area contributed by atoms with Gasteiger partial charge in [-0.25, -0.2) is 4.39 Å². The molecule has 0 radical (unpaired) electrons. The van der Waals surface area contributed by atoms with Crippen molar-refractivity contribution in [2.75, 3.05) is 23.3 Å². The summed E-state index contributed by atoms with van der Waals surface area (Å²) in [5, 5.41) is 3.01. The molecule has 29 heavy (non-hydrogen) atoms. The number of hydrogen-bond acceptors (Lipinski definition) is 3. The van der Waals surface area contributed by atoms with Crippen LogP contribution in [0.4, 0.5) is 15.8 Å². The lowest BCUT2D eigenvalue weighted by atomic mass is 9.93. The molecule has 1 amide bonds. The normalized spacial score (nSPS) is 14.6. The molecule has 4 rings (SSSR count). The van der Waals surface area contributed by atoms with Gasteiger partial charge in [0.25, 0.3) is 0 Å². The molecular formula is C24H24FN3O. The monoisotopic (exact) mass is 389 g/mol. The maximum atomic E-state index is 13.4. The number of nitrogens with one attached hydrogen (secondary N) is 1. The fourth-order valence-corrected chi connectivity index (χ4v) is 3.75. The van der Waals surface area contributed by atoms with Gasteiger partial charge in [0.1, 0.15) is 5.82 Å². The highest BCUT2D eigenvalue weighted by atomic mass is 19.1. The minimum Gasteiger partial charge on any atom is -0.372 e. The average Bonchev–Trinajstić information content (AvgIpc) is 3.29. The Hall–Kier alpha value is -3.21. The minimum atomic E-state index is -0.455. The van der Waals surface area contributed by atoms with Gasteiger partial charge in [-0.15, -0.1) is 0 Å². The fraction of sp³-hybridized carbons (Fsp3) is 0.250. The molecule has 1 saturated heterocycles. The second kappa shape index (κ2) is 8.86. The number of aromatic nitrogens is 1. The number of anilines is 2. The highest BCUT2D eigenvalue weighted by Gasteiger charge is 2.22. The molecular weight excluding hydrogens is 365 g/mol. The van der Waals surface area contributed by atoms with Gasteiger partial charge < -0.3 is 10.2 Å². The SMILES string of the molecule is O=C(Nc1ccc(N2CCCC2)cc1)C(Cc1ccccn1)c1ccc(F)cc1. The quantitative estimate of drug-likeness (QED) is 0.660. The number of carbonyl (C=O) groups excluding carboxylic acids is 1. The predicted octanol–water partition coefficient (Wildman–Crippen LogP) is 4.79. The summed E-state index contributed by atoms with van der Waals surface area (Å²) in [4.78, 5) is 19.8. The minimum absolute atomic E-state index is 0.129. The molecule has 5 heteroatoms. The third-order valence-corrected chi connectivity index (χ3v) is 5.33. The first kappa shape index (κ1) is 19.1. The standard InChI is InChI=1S/C24H24FN3O/c25-19-8-6-18(7-9-19)23(17-21-5-1-2-14-26-21)24(29)27-20-10-12-22(13-11-20)28-15-3-4-16-28/h1-2,5-14,23H,3-4,15-17H2,(H,27,29). The van der Waals surface area contributed by atoms with Gasteiger partial charge in [0.05, 0.1) is 5.92 Å². The smallest absolute Gasteiger partial charge is 0.232 e. The molecule has 0 spiro atoms. The van der Waals surface area contributed by atoms with Crippen LogP contribution in [0.15, 0.2) is 72.9 Å². The number of halogens is 1. The third kappa shape index (κ3) is 4.80. The number of hydrogen-bond donors (Lipinski definition) is 1. The Kier molecular flexibility index (Phi) is 5.84. The summed E-state index contributed by atoms with van der Waals surface area (Å²) < 4.78 is 13.4. The van der Waals surface area contributed by atoms with Crippen molar-refractivity contribution in [2.45, 2.75) is 25.2 Å². The molecule has 4 nitrogen and oxygen atoms in total. The highest BCUT2D eigenvalue weighted by Crippen LogP contribution is 2.25. The van der Waals surface area contributed by atoms with Gasteiger partial charge in [0.15, 0.2) is 0 Å². The Morgan fingerprint density at radius 2 is 1.72 bits per heavy atom. The molecule has 0 bridgehead atoms. The molecule has 0 aliphatic carbocycles. The number of pyridine rings is 1. The van der Waals surface area contributed by atoms with Crippen molar-refractivity contribution in [3.05, 3.63) is 90.0 Å². The van der Waals surface area contributed by atoms with Gasteiger partial charge in [0.2, 0.25) is 5.91 Å². The van der Waals surface area contributed by atoms with E-state index < -0.39 is 5.92 Å². The fourth-order valence-electron chi connectivity index (χ4n) is 3.75. The van der Waals surface area contributed by atoms with E-state index in [9.17, 15) is 9.18 Å². The summed E-state index contributed by atoms with van der Waals surface area (Å²) in [5.74, 6) is -0.900. The molecule has 1 aromatic heterocycles. The topological polar surface area (TPSA) is 45.2 Å². The van der Waals surface area contributed by atoms with Crippen LogP contribution in [0.3, 0.4) is 0 Å². The molecule has 1 fully saturated rings. The summed E-state index contributed by atoms with van der Waals surface area (Å²) in [5.41, 5.74) is 3.53. The summed E-state index contributed by atoms with van der Waals surface area (Å²) >= 11 is 0. The van der Waals surface area contributed by atoms with Gasteiger partial charge in [-0.05, 0) is 66.9 Å². The average molecular weight is 389 g/mol. The van der Waals surface area contributed by atoms with Crippen molar-refractivity contribution in [3.63, 3.8) is 0 Å². The van der Waals surface area contributed by atoms with E-state index in [0.29, 0.717) is 6.42 Å². The zero-order valence-electron chi connectivity index (χ0n) is 16.2. The number of benzene rings is 2. The Morgan fingerprint density at radius 1 is 1.00 bits per heavy atom. The second-order valence-corrected chi connectivity index (χ2v) is 7.36. The zero-order chi connectivity index (χ0) is 20.1. The molecule has 2 heterocycles. The number of amides is 1. The van der Waals surface area contributed by atoms with Gasteiger partial charge in [0, 0.05) is 42.8 Å². The van der Waals surface area contributed by atoms with Crippen molar-refractivity contribution >= 4 is 17.3 Å². The predicted molar refractivity (Wildman–Crippen MR) is 114 cm³/mol. The molecule has 1 atom stereocenters. The number of nitrogens with zero attached hydrogens (tertiary/aromatic N) is 2. The molecule has 3 aromatic rings. The summed E-state index contributed by atoms with van der Waals surface area (Å²) in [7, 11) is 0. The van der Waals surface area contributed by atoms with Crippen LogP contribution in [-0.2, 0) is 11.2 Å². The third-order valence-electron chi connectivity index (χ3n) is 5.33. The molecule has 0 saturated carbocycles. The Labute approximate surface area is 170 Å². The number of carbonyl (C=O) groups is 1. The van der Waals surface area contributed by atoms with Crippen LogP contribution >= 0.6 is 0 Å². The van der Waals surface area contributed by atoms with Gasteiger partial charge in [-0.2, -0.15) is 0 Å². The van der Waals surface area contributed by atoms with Crippen LogP contribution in [0.25, 0.3) is 0 Å². The van der Waals surface area contributed by atoms with Crippen molar-refractivity contribution in [2.24, 2.45) is 0 Å². The first-order chi connectivity index (χ1) is 14.2. The van der Waals surface area contributed by atoms with Gasteiger partial charge in [-0.3, -0.25) is 9.78 Å². The lowest BCUT2D eigenvalue weighted by molar-refractivity contribution is -0.117. The van der Waals surface area contributed by atoms with E-state index >= 15 is 0 Å². The first-order valence-electron chi connectivity index (χ1n) is 10.0.